The Hall–Kier alpha value is -1.17. The topological polar surface area (TPSA) is 45.5 Å². The molecule has 6 heteroatoms. The number of guanidine groups is 1. The van der Waals surface area contributed by atoms with Gasteiger partial charge in [-0.2, -0.15) is 16.9 Å². The zero-order valence-electron chi connectivity index (χ0n) is 13.6. The Labute approximate surface area is 132 Å². The number of aromatic nitrogens is 2. The average Bonchev–Trinajstić information content (AvgIpc) is 2.82. The molecule has 1 aliphatic heterocycles. The predicted octanol–water partition coefficient (Wildman–Crippen LogP) is 1.76. The van der Waals surface area contributed by atoms with Crippen molar-refractivity contribution in [1.29, 1.82) is 0 Å². The number of nitrogens with one attached hydrogen (secondary N) is 1. The molecule has 5 nitrogen and oxygen atoms in total. The van der Waals surface area contributed by atoms with Gasteiger partial charge in [0, 0.05) is 49.9 Å². The van der Waals surface area contributed by atoms with Crippen LogP contribution in [0.2, 0.25) is 0 Å². The van der Waals surface area contributed by atoms with Crippen LogP contribution in [-0.4, -0.2) is 57.3 Å². The summed E-state index contributed by atoms with van der Waals surface area (Å²) in [5, 5.41) is 7.63. The smallest absolute Gasteiger partial charge is 0.193 e. The summed E-state index contributed by atoms with van der Waals surface area (Å²) in [6.07, 6.45) is 4.92. The fourth-order valence-electron chi connectivity index (χ4n) is 2.51. The minimum Gasteiger partial charge on any atom is -0.357 e. The molecule has 1 aliphatic rings. The molecule has 1 saturated heterocycles. The largest absolute Gasteiger partial charge is 0.357 e. The molecule has 21 heavy (non-hydrogen) atoms. The van der Waals surface area contributed by atoms with Gasteiger partial charge in [-0.1, -0.05) is 0 Å². The molecule has 0 unspecified atom stereocenters. The van der Waals surface area contributed by atoms with Crippen LogP contribution in [0.3, 0.4) is 0 Å². The molecule has 2 rings (SSSR count). The molecule has 0 spiro atoms. The van der Waals surface area contributed by atoms with E-state index in [4.69, 9.17) is 4.99 Å². The summed E-state index contributed by atoms with van der Waals surface area (Å²) in [5.74, 6) is 2.22. The van der Waals surface area contributed by atoms with Crippen LogP contribution in [0.25, 0.3) is 0 Å². The molecule has 1 N–H and O–H groups in total. The summed E-state index contributed by atoms with van der Waals surface area (Å²) >= 11 is 2.05. The van der Waals surface area contributed by atoms with E-state index in [0.29, 0.717) is 4.75 Å². The van der Waals surface area contributed by atoms with Gasteiger partial charge in [0.15, 0.2) is 5.96 Å². The van der Waals surface area contributed by atoms with Crippen LogP contribution in [0.5, 0.6) is 0 Å². The van der Waals surface area contributed by atoms with E-state index in [2.05, 4.69) is 42.3 Å². The summed E-state index contributed by atoms with van der Waals surface area (Å²) in [6.45, 7) is 10.6. The van der Waals surface area contributed by atoms with Crippen molar-refractivity contribution in [2.45, 2.75) is 31.9 Å². The fourth-order valence-corrected chi connectivity index (χ4v) is 3.63. The minimum absolute atomic E-state index is 0.303. The van der Waals surface area contributed by atoms with Crippen molar-refractivity contribution in [2.24, 2.45) is 12.0 Å². The van der Waals surface area contributed by atoms with Gasteiger partial charge in [0.2, 0.25) is 0 Å². The zero-order valence-corrected chi connectivity index (χ0v) is 14.4. The molecule has 0 aliphatic carbocycles. The van der Waals surface area contributed by atoms with Crippen LogP contribution in [-0.2, 0) is 13.5 Å². The molecule has 0 radical (unpaired) electrons. The van der Waals surface area contributed by atoms with Gasteiger partial charge in [0.25, 0.3) is 0 Å². The van der Waals surface area contributed by atoms with E-state index in [9.17, 15) is 0 Å². The first kappa shape index (κ1) is 16.2. The van der Waals surface area contributed by atoms with E-state index < -0.39 is 0 Å². The molecule has 118 valence electrons. The van der Waals surface area contributed by atoms with Crippen molar-refractivity contribution >= 4 is 17.7 Å². The third-order valence-electron chi connectivity index (χ3n) is 3.48. The first-order chi connectivity index (χ1) is 10.00. The highest BCUT2D eigenvalue weighted by molar-refractivity contribution is 8.00. The Balaban J connectivity index is 1.95. The van der Waals surface area contributed by atoms with Gasteiger partial charge in [-0.25, -0.2) is 0 Å². The van der Waals surface area contributed by atoms with E-state index in [0.717, 1.165) is 38.6 Å². The highest BCUT2D eigenvalue weighted by atomic mass is 32.2. The maximum absolute atomic E-state index is 4.79. The summed E-state index contributed by atoms with van der Waals surface area (Å²) in [5.41, 5.74) is 1.24. The predicted molar refractivity (Wildman–Crippen MR) is 91.0 cm³/mol. The Morgan fingerprint density at radius 1 is 1.52 bits per heavy atom. The molecule has 0 bridgehead atoms. The second-order valence-corrected chi connectivity index (χ2v) is 7.84. The molecule has 0 saturated carbocycles. The second-order valence-electron chi connectivity index (χ2n) is 6.04. The SMILES string of the molecule is CCNC(=NCCc1cnn(C)c1)N1CCSC(C)(C)C1. The summed E-state index contributed by atoms with van der Waals surface area (Å²) in [6, 6.07) is 0. The minimum atomic E-state index is 0.303. The Morgan fingerprint density at radius 2 is 2.33 bits per heavy atom. The van der Waals surface area contributed by atoms with Crippen LogP contribution < -0.4 is 5.32 Å². The lowest BCUT2D eigenvalue weighted by Gasteiger charge is -2.39. The maximum atomic E-state index is 4.79. The molecule has 1 aromatic rings. The molecule has 0 aromatic carbocycles. The lowest BCUT2D eigenvalue weighted by Crippen LogP contribution is -2.51. The standard InChI is InChI=1S/C15H27N5S/c1-5-16-14(20-8-9-21-15(2,3)12-20)17-7-6-13-10-18-19(4)11-13/h10-11H,5-9,12H2,1-4H3,(H,16,17). The third-order valence-corrected chi connectivity index (χ3v) is 4.78. The van der Waals surface area contributed by atoms with Crippen LogP contribution in [0.15, 0.2) is 17.4 Å². The first-order valence-corrected chi connectivity index (χ1v) is 8.63. The monoisotopic (exact) mass is 309 g/mol. The van der Waals surface area contributed by atoms with Crippen molar-refractivity contribution < 1.29 is 0 Å². The van der Waals surface area contributed by atoms with Crippen molar-refractivity contribution in [1.82, 2.24) is 20.0 Å². The normalized spacial score (nSPS) is 18.9. The number of thioether (sulfide) groups is 1. The van der Waals surface area contributed by atoms with Crippen molar-refractivity contribution in [3.05, 3.63) is 18.0 Å². The number of nitrogens with zero attached hydrogens (tertiary/aromatic N) is 4. The van der Waals surface area contributed by atoms with Crippen molar-refractivity contribution in [3.63, 3.8) is 0 Å². The average molecular weight is 309 g/mol. The van der Waals surface area contributed by atoms with Gasteiger partial charge < -0.3 is 10.2 Å². The van der Waals surface area contributed by atoms with Gasteiger partial charge in [0.05, 0.1) is 6.20 Å². The number of rotatable bonds is 4. The number of aryl methyl sites for hydroxylation is 1. The molecule has 0 atom stereocenters. The van der Waals surface area contributed by atoms with Crippen molar-refractivity contribution in [3.8, 4) is 0 Å². The maximum Gasteiger partial charge on any atom is 0.193 e. The van der Waals surface area contributed by atoms with Crippen LogP contribution in [0, 0.1) is 0 Å². The van der Waals surface area contributed by atoms with E-state index in [1.807, 2.05) is 29.7 Å². The van der Waals surface area contributed by atoms with Gasteiger partial charge in [-0.3, -0.25) is 9.67 Å². The van der Waals surface area contributed by atoms with Gasteiger partial charge in [-0.15, -0.1) is 0 Å². The quantitative estimate of drug-likeness (QED) is 0.680. The third kappa shape index (κ3) is 4.95. The summed E-state index contributed by atoms with van der Waals surface area (Å²) in [4.78, 5) is 7.18. The zero-order chi connectivity index (χ0) is 15.3. The molecular weight excluding hydrogens is 282 g/mol. The van der Waals surface area contributed by atoms with Crippen LogP contribution in [0.4, 0.5) is 0 Å². The second kappa shape index (κ2) is 7.20. The highest BCUT2D eigenvalue weighted by Gasteiger charge is 2.28. The lowest BCUT2D eigenvalue weighted by atomic mass is 10.2. The van der Waals surface area contributed by atoms with Gasteiger partial charge in [0.1, 0.15) is 0 Å². The number of hydrogen-bond donors (Lipinski definition) is 1. The molecule has 2 heterocycles. The highest BCUT2D eigenvalue weighted by Crippen LogP contribution is 2.29. The van der Waals surface area contributed by atoms with Crippen molar-refractivity contribution in [2.75, 3.05) is 31.9 Å². The molecule has 0 amide bonds. The summed E-state index contributed by atoms with van der Waals surface area (Å²) in [7, 11) is 1.95. The number of hydrogen-bond acceptors (Lipinski definition) is 3. The summed E-state index contributed by atoms with van der Waals surface area (Å²) < 4.78 is 2.15. The van der Waals surface area contributed by atoms with E-state index in [1.165, 1.54) is 11.3 Å². The lowest BCUT2D eigenvalue weighted by molar-refractivity contribution is 0.376. The van der Waals surface area contributed by atoms with E-state index in [-0.39, 0.29) is 0 Å². The number of aliphatic imine (C=N–C) groups is 1. The molecule has 1 fully saturated rings. The van der Waals surface area contributed by atoms with E-state index in [1.54, 1.807) is 0 Å². The van der Waals surface area contributed by atoms with Crippen LogP contribution >= 0.6 is 11.8 Å². The fraction of sp³-hybridized carbons (Fsp3) is 0.733. The van der Waals surface area contributed by atoms with Gasteiger partial charge in [-0.05, 0) is 32.8 Å². The molecule has 1 aromatic heterocycles. The first-order valence-electron chi connectivity index (χ1n) is 7.65. The van der Waals surface area contributed by atoms with E-state index >= 15 is 0 Å². The molecular formula is C15H27N5S. The Kier molecular flexibility index (Phi) is 5.56. The Bertz CT molecular complexity index is 480. The van der Waals surface area contributed by atoms with Crippen LogP contribution in [0.1, 0.15) is 26.3 Å². The van der Waals surface area contributed by atoms with Gasteiger partial charge >= 0.3 is 0 Å². The Morgan fingerprint density at radius 3 is 2.95 bits per heavy atom.